The molecule has 0 spiro atoms. The number of aliphatic carboxylic acids is 1. The van der Waals surface area contributed by atoms with Gasteiger partial charge >= 0.3 is 71.1 Å². The smallest absolute Gasteiger partial charge is 1.00 e. The fourth-order valence-electron chi connectivity index (χ4n) is 4.72. The van der Waals surface area contributed by atoms with Crippen molar-refractivity contribution in [2.24, 2.45) is 0 Å². The Morgan fingerprint density at radius 1 is 0.800 bits per heavy atom. The van der Waals surface area contributed by atoms with Crippen LogP contribution >= 0.6 is 11.8 Å². The molecular weight excluding hydrogens is 542 g/mol. The number of carboxylic acid groups (broad SMARTS) is 2. The Balaban J connectivity index is 0. The average Bonchev–Trinajstić information content (AvgIpc) is 2.91. The number of carbonyl (C=O) groups is 2. The zero-order valence-corrected chi connectivity index (χ0v) is 29.1. The average molecular weight is 585 g/mol. The van der Waals surface area contributed by atoms with Crippen LogP contribution in [0.25, 0.3) is 10.8 Å². The molecule has 0 heterocycles. The van der Waals surface area contributed by atoms with E-state index < -0.39 is 18.0 Å². The summed E-state index contributed by atoms with van der Waals surface area (Å²) >= 11 is 1.53. The molecule has 8 heteroatoms. The Kier molecular flexibility index (Phi) is 18.7. The number of unbranched alkanes of at least 4 members (excludes halogenated alkanes) is 6. The maximum atomic E-state index is 11.4. The predicted octanol–water partition coefficient (Wildman–Crippen LogP) is 2.51. The van der Waals surface area contributed by atoms with Gasteiger partial charge in [-0.3, -0.25) is 4.79 Å². The largest absolute Gasteiger partial charge is 1.00 e. The third-order valence-electron chi connectivity index (χ3n) is 6.94. The van der Waals surface area contributed by atoms with Crippen molar-refractivity contribution in [1.82, 2.24) is 0 Å². The van der Waals surface area contributed by atoms with E-state index in [-0.39, 0.29) is 79.2 Å². The van der Waals surface area contributed by atoms with Gasteiger partial charge in [-0.1, -0.05) is 81.8 Å². The van der Waals surface area contributed by atoms with Gasteiger partial charge in [0.25, 0.3) is 0 Å². The van der Waals surface area contributed by atoms with Crippen molar-refractivity contribution in [2.45, 2.75) is 93.8 Å². The Labute approximate surface area is 290 Å². The maximum Gasteiger partial charge on any atom is 1.00 e. The number of hydrogen-bond donors (Lipinski definition) is 3. The van der Waals surface area contributed by atoms with Crippen LogP contribution in [0.15, 0.2) is 65.6 Å². The molecule has 0 aliphatic rings. The van der Waals surface area contributed by atoms with Gasteiger partial charge in [0.05, 0.1) is 16.9 Å². The van der Waals surface area contributed by atoms with E-state index in [1.807, 2.05) is 18.2 Å². The minimum absolute atomic E-state index is 0. The van der Waals surface area contributed by atoms with Crippen LogP contribution in [0.4, 0.5) is 0 Å². The van der Waals surface area contributed by atoms with Gasteiger partial charge in [0.2, 0.25) is 0 Å². The van der Waals surface area contributed by atoms with Crippen molar-refractivity contribution in [3.05, 3.63) is 77.4 Å². The summed E-state index contributed by atoms with van der Waals surface area (Å²) in [7, 11) is 0. The van der Waals surface area contributed by atoms with E-state index in [0.29, 0.717) is 12.8 Å². The van der Waals surface area contributed by atoms with Gasteiger partial charge in [-0.2, -0.15) is 0 Å². The summed E-state index contributed by atoms with van der Waals surface area (Å²) in [5, 5.41) is 31.0. The van der Waals surface area contributed by atoms with Crippen LogP contribution in [-0.4, -0.2) is 33.4 Å². The molecule has 0 fully saturated rings. The molecule has 0 bridgehead atoms. The Morgan fingerprint density at radius 2 is 1.45 bits per heavy atom. The molecule has 0 aliphatic carbocycles. The van der Waals surface area contributed by atoms with E-state index >= 15 is 0 Å². The second-order valence-electron chi connectivity index (χ2n) is 10.0. The Morgan fingerprint density at radius 3 is 2.10 bits per heavy atom. The number of benzene rings is 3. The fraction of sp³-hybridized carbons (Fsp3) is 0.438. The number of hydrogen-bond acceptors (Lipinski definition) is 4. The number of aliphatic hydroxyl groups excluding tert-OH is 1. The van der Waals surface area contributed by atoms with Crippen LogP contribution < -0.4 is 59.1 Å². The van der Waals surface area contributed by atoms with Crippen molar-refractivity contribution >= 4 is 34.5 Å². The molecule has 0 aliphatic heterocycles. The summed E-state index contributed by atoms with van der Waals surface area (Å²) in [6.07, 6.45) is 10.1. The van der Waals surface area contributed by atoms with Gasteiger partial charge in [-0.25, -0.2) is 4.79 Å². The normalized spacial score (nSPS) is 12.2. The van der Waals surface area contributed by atoms with Crippen LogP contribution in [-0.2, 0) is 11.2 Å². The third-order valence-corrected chi connectivity index (χ3v) is 8.31. The van der Waals surface area contributed by atoms with Crippen molar-refractivity contribution in [2.75, 3.05) is 0 Å². The molecular formula is C32H42Na2O5S. The summed E-state index contributed by atoms with van der Waals surface area (Å²) in [5.41, 5.74) is 2.53. The summed E-state index contributed by atoms with van der Waals surface area (Å²) < 4.78 is 0. The zero-order chi connectivity index (χ0) is 27.3. The molecule has 0 aromatic heterocycles. The molecule has 208 valence electrons. The van der Waals surface area contributed by atoms with Gasteiger partial charge in [0, 0.05) is 11.3 Å². The van der Waals surface area contributed by atoms with Crippen LogP contribution in [0.5, 0.6) is 0 Å². The van der Waals surface area contributed by atoms with Crippen LogP contribution in [0, 0.1) is 0 Å². The Bertz CT molecular complexity index is 1200. The summed E-state index contributed by atoms with van der Waals surface area (Å²) in [6.45, 7) is 2.24. The molecule has 3 aromatic rings. The summed E-state index contributed by atoms with van der Waals surface area (Å²) in [6, 6.07) is 19.4. The minimum atomic E-state index is -0.965. The van der Waals surface area contributed by atoms with E-state index in [1.54, 1.807) is 18.2 Å². The first kappa shape index (κ1) is 37.2. The quantitative estimate of drug-likeness (QED) is 0.128. The maximum absolute atomic E-state index is 11.4. The third kappa shape index (κ3) is 12.6. The fourth-order valence-corrected chi connectivity index (χ4v) is 5.94. The molecule has 0 saturated heterocycles. The first-order chi connectivity index (χ1) is 18.4. The van der Waals surface area contributed by atoms with Gasteiger partial charge in [0.1, 0.15) is 0 Å². The van der Waals surface area contributed by atoms with Crippen molar-refractivity contribution in [3.63, 3.8) is 0 Å². The minimum Gasteiger partial charge on any atom is -1.00 e. The van der Waals surface area contributed by atoms with Crippen molar-refractivity contribution in [1.29, 1.82) is 0 Å². The number of aliphatic hydroxyl groups is 1. The molecule has 40 heavy (non-hydrogen) atoms. The van der Waals surface area contributed by atoms with E-state index in [2.05, 4.69) is 31.2 Å². The first-order valence-electron chi connectivity index (χ1n) is 13.8. The Hall–Kier alpha value is -0.830. The van der Waals surface area contributed by atoms with Gasteiger partial charge < -0.3 is 18.2 Å². The van der Waals surface area contributed by atoms with E-state index in [4.69, 9.17) is 5.11 Å². The molecule has 2 unspecified atom stereocenters. The topological polar surface area (TPSA) is 94.8 Å². The number of aryl methyl sites for hydroxylation is 1. The van der Waals surface area contributed by atoms with Crippen LogP contribution in [0.3, 0.4) is 0 Å². The molecule has 0 amide bonds. The van der Waals surface area contributed by atoms with Gasteiger partial charge in [0.15, 0.2) is 0 Å². The first-order valence-corrected chi connectivity index (χ1v) is 14.7. The van der Waals surface area contributed by atoms with E-state index in [9.17, 15) is 19.8 Å². The zero-order valence-electron chi connectivity index (χ0n) is 26.3. The molecule has 0 saturated carbocycles. The second kappa shape index (κ2) is 20.1. The second-order valence-corrected chi connectivity index (χ2v) is 11.2. The monoisotopic (exact) mass is 584 g/mol. The van der Waals surface area contributed by atoms with Crippen LogP contribution in [0.1, 0.15) is 101 Å². The summed E-state index contributed by atoms with van der Waals surface area (Å²) in [4.78, 5) is 23.3. The SMILES string of the molecule is CCCCCCCCCc1ccc(C(Sc2ccc3ccc(C(=O)O)cc3c2)C(O)CCCC(=O)O)cc1.[H-].[H-].[Na+].[Na+]. The van der Waals surface area contributed by atoms with Gasteiger partial charge in [-0.05, 0) is 71.8 Å². The number of carboxylic acids is 2. The van der Waals surface area contributed by atoms with Crippen molar-refractivity contribution in [3.8, 4) is 0 Å². The number of rotatable bonds is 17. The van der Waals surface area contributed by atoms with Gasteiger partial charge in [-0.15, -0.1) is 11.8 Å². The standard InChI is InChI=1S/C32H40O5S.2Na.2H/c1-2-3-4-5-6-7-8-10-23-13-15-25(16-14-23)31(29(33)11-9-12-30(34)35)38-28-20-19-24-17-18-26(32(36)37)21-27(24)22-28;;;;/h13-22,29,31,33H,2-12H2,1H3,(H,34,35)(H,36,37);;;;/q;2*+1;2*-1. The van der Waals surface area contributed by atoms with E-state index in [0.717, 1.165) is 27.7 Å². The molecule has 3 aromatic carbocycles. The molecule has 3 rings (SSSR count). The van der Waals surface area contributed by atoms with Crippen LogP contribution in [0.2, 0.25) is 0 Å². The number of fused-ring (bicyclic) bond motifs is 1. The number of aromatic carboxylic acids is 1. The van der Waals surface area contributed by atoms with E-state index in [1.165, 1.54) is 62.3 Å². The molecule has 0 radical (unpaired) electrons. The molecule has 2 atom stereocenters. The molecule has 5 nitrogen and oxygen atoms in total. The van der Waals surface area contributed by atoms with Crippen molar-refractivity contribution < 1.29 is 86.9 Å². The predicted molar refractivity (Wildman–Crippen MR) is 157 cm³/mol. The number of thioether (sulfide) groups is 1. The molecule has 3 N–H and O–H groups in total. The summed E-state index contributed by atoms with van der Waals surface area (Å²) in [5.74, 6) is -1.83.